The van der Waals surface area contributed by atoms with Gasteiger partial charge in [-0.3, -0.25) is 4.55 Å². The molecule has 0 rings (SSSR count). The highest BCUT2D eigenvalue weighted by atomic mass is 32.2. The van der Waals surface area contributed by atoms with E-state index in [2.05, 4.69) is 6.58 Å². The minimum Gasteiger partial charge on any atom is -0.327 e. The van der Waals surface area contributed by atoms with Crippen molar-refractivity contribution in [1.82, 2.24) is 0 Å². The fourth-order valence-corrected chi connectivity index (χ4v) is 2.13. The van der Waals surface area contributed by atoms with Gasteiger partial charge >= 0.3 is 33.1 Å². The molecule has 0 bridgehead atoms. The number of hydrogen-bond donors (Lipinski definition) is 2. The first kappa shape index (κ1) is 28.3. The van der Waals surface area contributed by atoms with Gasteiger partial charge in [0, 0.05) is 13.0 Å². The molecular weight excluding hydrogens is 414 g/mol. The SMILES string of the molecule is C=CCN.CCCCCCCC(F)(F)C(F)(F)C(F)(F)C(F)(F)S(=O)(=O)O. The Hall–Kier alpha value is -0.950. The summed E-state index contributed by atoms with van der Waals surface area (Å²) in [5, 5.41) is -6.77. The Bertz CT molecular complexity index is 553. The van der Waals surface area contributed by atoms with Crippen molar-refractivity contribution in [3.05, 3.63) is 12.7 Å². The van der Waals surface area contributed by atoms with E-state index in [0.717, 1.165) is 0 Å². The Labute approximate surface area is 152 Å². The first-order valence-electron chi connectivity index (χ1n) is 7.77. The highest BCUT2D eigenvalue weighted by molar-refractivity contribution is 7.87. The van der Waals surface area contributed by atoms with Gasteiger partial charge < -0.3 is 5.73 Å². The van der Waals surface area contributed by atoms with Crippen LogP contribution in [0.4, 0.5) is 35.1 Å². The van der Waals surface area contributed by atoms with Crippen LogP contribution in [-0.2, 0) is 10.1 Å². The molecule has 0 spiro atoms. The highest BCUT2D eigenvalue weighted by Crippen LogP contribution is 2.55. The lowest BCUT2D eigenvalue weighted by atomic mass is 9.98. The molecule has 0 aromatic carbocycles. The van der Waals surface area contributed by atoms with E-state index in [4.69, 9.17) is 10.3 Å². The maximum absolute atomic E-state index is 13.3. The Balaban J connectivity index is 0. The monoisotopic (exact) mass is 437 g/mol. The predicted octanol–water partition coefficient (Wildman–Crippen LogP) is 4.86. The second-order valence-corrected chi connectivity index (χ2v) is 7.00. The third-order valence-corrected chi connectivity index (χ3v) is 4.21. The van der Waals surface area contributed by atoms with E-state index in [1.807, 2.05) is 0 Å². The molecule has 27 heavy (non-hydrogen) atoms. The van der Waals surface area contributed by atoms with Gasteiger partial charge in [0.25, 0.3) is 0 Å². The zero-order valence-electron chi connectivity index (χ0n) is 14.5. The quantitative estimate of drug-likeness (QED) is 0.209. The number of halogens is 8. The number of unbranched alkanes of at least 4 members (excludes halogenated alkanes) is 4. The maximum atomic E-state index is 13.3. The van der Waals surface area contributed by atoms with Crippen LogP contribution in [0.25, 0.3) is 0 Å². The van der Waals surface area contributed by atoms with Crippen LogP contribution in [-0.4, -0.2) is 42.5 Å². The van der Waals surface area contributed by atoms with Crippen LogP contribution < -0.4 is 5.73 Å². The summed E-state index contributed by atoms with van der Waals surface area (Å²) in [6.45, 7) is 5.70. The van der Waals surface area contributed by atoms with E-state index in [-0.39, 0.29) is 6.42 Å². The molecule has 0 fully saturated rings. The summed E-state index contributed by atoms with van der Waals surface area (Å²) >= 11 is 0. The zero-order valence-corrected chi connectivity index (χ0v) is 15.3. The molecule has 3 N–H and O–H groups in total. The summed E-state index contributed by atoms with van der Waals surface area (Å²) < 4.78 is 133. The summed E-state index contributed by atoms with van der Waals surface area (Å²) in [7, 11) is -7.03. The van der Waals surface area contributed by atoms with Crippen molar-refractivity contribution in [1.29, 1.82) is 0 Å². The van der Waals surface area contributed by atoms with Crippen molar-refractivity contribution in [3.63, 3.8) is 0 Å². The summed E-state index contributed by atoms with van der Waals surface area (Å²) in [5.74, 6) is -19.3. The van der Waals surface area contributed by atoms with Gasteiger partial charge in [0.1, 0.15) is 0 Å². The van der Waals surface area contributed by atoms with Crippen LogP contribution in [0.2, 0.25) is 0 Å². The molecular formula is C14H23F8NO3S. The fourth-order valence-electron chi connectivity index (χ4n) is 1.68. The van der Waals surface area contributed by atoms with Crippen molar-refractivity contribution in [2.75, 3.05) is 6.54 Å². The Morgan fingerprint density at radius 3 is 1.67 bits per heavy atom. The van der Waals surface area contributed by atoms with Gasteiger partial charge in [0.2, 0.25) is 0 Å². The molecule has 4 nitrogen and oxygen atoms in total. The second-order valence-electron chi connectivity index (χ2n) is 5.53. The average molecular weight is 437 g/mol. The molecule has 0 amide bonds. The second kappa shape index (κ2) is 10.6. The molecule has 0 aromatic rings. The predicted molar refractivity (Wildman–Crippen MR) is 84.0 cm³/mol. The van der Waals surface area contributed by atoms with E-state index in [0.29, 0.717) is 25.8 Å². The Morgan fingerprint density at radius 2 is 1.33 bits per heavy atom. The van der Waals surface area contributed by atoms with Crippen LogP contribution in [0, 0.1) is 0 Å². The largest absolute Gasteiger partial charge is 0.438 e. The van der Waals surface area contributed by atoms with E-state index < -0.39 is 46.0 Å². The van der Waals surface area contributed by atoms with Crippen molar-refractivity contribution < 1.29 is 48.1 Å². The lowest BCUT2D eigenvalue weighted by molar-refractivity contribution is -0.349. The van der Waals surface area contributed by atoms with Crippen molar-refractivity contribution in [2.45, 2.75) is 68.5 Å². The van der Waals surface area contributed by atoms with Crippen LogP contribution in [0.5, 0.6) is 0 Å². The number of rotatable bonds is 11. The molecule has 0 saturated heterocycles. The van der Waals surface area contributed by atoms with E-state index in [1.54, 1.807) is 13.0 Å². The molecule has 0 atom stereocenters. The van der Waals surface area contributed by atoms with Crippen LogP contribution in [0.3, 0.4) is 0 Å². The third-order valence-electron chi connectivity index (χ3n) is 3.30. The minimum absolute atomic E-state index is 0.0141. The summed E-state index contributed by atoms with van der Waals surface area (Å²) in [5.41, 5.74) is 4.91. The van der Waals surface area contributed by atoms with Crippen molar-refractivity contribution >= 4 is 10.1 Å². The normalized spacial score (nSPS) is 13.7. The number of nitrogens with two attached hydrogens (primary N) is 1. The van der Waals surface area contributed by atoms with E-state index in [1.165, 1.54) is 0 Å². The molecule has 0 saturated carbocycles. The topological polar surface area (TPSA) is 80.4 Å². The lowest BCUT2D eigenvalue weighted by Gasteiger charge is -2.35. The molecule has 164 valence electrons. The smallest absolute Gasteiger partial charge is 0.327 e. The highest BCUT2D eigenvalue weighted by Gasteiger charge is 2.84. The first-order chi connectivity index (χ1) is 12.0. The van der Waals surface area contributed by atoms with Crippen LogP contribution >= 0.6 is 0 Å². The van der Waals surface area contributed by atoms with Crippen molar-refractivity contribution in [3.8, 4) is 0 Å². The maximum Gasteiger partial charge on any atom is 0.438 e. The molecule has 0 unspecified atom stereocenters. The summed E-state index contributed by atoms with van der Waals surface area (Å²) in [6, 6.07) is 0. The van der Waals surface area contributed by atoms with Gasteiger partial charge in [-0.05, 0) is 6.42 Å². The van der Waals surface area contributed by atoms with Gasteiger partial charge in [0.15, 0.2) is 0 Å². The van der Waals surface area contributed by atoms with Crippen LogP contribution in [0.15, 0.2) is 12.7 Å². The van der Waals surface area contributed by atoms with Gasteiger partial charge in [-0.1, -0.05) is 38.7 Å². The van der Waals surface area contributed by atoms with Gasteiger partial charge in [-0.25, -0.2) is 0 Å². The number of hydrogen-bond acceptors (Lipinski definition) is 3. The molecule has 0 aliphatic heterocycles. The Morgan fingerprint density at radius 1 is 0.926 bits per heavy atom. The average Bonchev–Trinajstić information content (AvgIpc) is 2.53. The van der Waals surface area contributed by atoms with Gasteiger partial charge in [-0.15, -0.1) is 6.58 Å². The molecule has 0 radical (unpaired) electrons. The fraction of sp³-hybridized carbons (Fsp3) is 0.857. The third kappa shape index (κ3) is 6.86. The van der Waals surface area contributed by atoms with Gasteiger partial charge in [-0.2, -0.15) is 43.5 Å². The lowest BCUT2D eigenvalue weighted by Crippen LogP contribution is -2.64. The zero-order chi connectivity index (χ0) is 22.2. The molecule has 0 aromatic heterocycles. The van der Waals surface area contributed by atoms with E-state index in [9.17, 15) is 43.5 Å². The summed E-state index contributed by atoms with van der Waals surface area (Å²) in [6.07, 6.45) is 0.788. The number of alkyl halides is 8. The first-order valence-corrected chi connectivity index (χ1v) is 9.21. The molecule has 0 aliphatic carbocycles. The van der Waals surface area contributed by atoms with E-state index >= 15 is 0 Å². The molecule has 0 heterocycles. The van der Waals surface area contributed by atoms with Crippen LogP contribution in [0.1, 0.15) is 45.4 Å². The van der Waals surface area contributed by atoms with Crippen molar-refractivity contribution in [2.24, 2.45) is 5.73 Å². The van der Waals surface area contributed by atoms with Gasteiger partial charge in [0.05, 0.1) is 0 Å². The summed E-state index contributed by atoms with van der Waals surface area (Å²) in [4.78, 5) is 0. The standard InChI is InChI=1S/C11H16F8O3S.C3H7N/c1-2-3-4-5-6-7-8(12,13)9(14,15)10(16,17)11(18,19)23(20,21)22;1-2-3-4/h2-7H2,1H3,(H,20,21,22);2H,1,3-4H2. The molecule has 13 heteroatoms. The Kier molecular flexibility index (Phi) is 11.0. The minimum atomic E-state index is -7.03. The molecule has 0 aliphatic rings.